The number of nitrogens with one attached hydrogen (secondary N) is 2. The molecule has 142 valence electrons. The van der Waals surface area contributed by atoms with E-state index in [2.05, 4.69) is 20.6 Å². The number of rotatable bonds is 8. The largest absolute Gasteiger partial charge is 0.379 e. The van der Waals surface area contributed by atoms with E-state index < -0.39 is 0 Å². The van der Waals surface area contributed by atoms with Crippen molar-refractivity contribution in [2.24, 2.45) is 7.05 Å². The Morgan fingerprint density at radius 1 is 1.50 bits per heavy atom. The number of carbonyl (C=O) groups is 1. The fourth-order valence-corrected chi connectivity index (χ4v) is 3.17. The fourth-order valence-electron chi connectivity index (χ4n) is 3.17. The standard InChI is InChI=1S/C18H27N5O3/c1-12-17(13(2)23(3)22-12)15-10-16(21-20-15)18(24)19-7-5-8-25-11-14-6-4-9-26-14/h10,14H,4-9,11H2,1-3H3,(H,19,24)(H,20,21). The SMILES string of the molecule is Cc1nn(C)c(C)c1-c1cc(C(=O)NCCCOCC2CCCO2)[nH]n1. The van der Waals surface area contributed by atoms with Crippen LogP contribution in [0.2, 0.25) is 0 Å². The van der Waals surface area contributed by atoms with Gasteiger partial charge in [-0.05, 0) is 39.2 Å². The van der Waals surface area contributed by atoms with Crippen molar-refractivity contribution < 1.29 is 14.3 Å². The Morgan fingerprint density at radius 3 is 3.04 bits per heavy atom. The monoisotopic (exact) mass is 361 g/mol. The van der Waals surface area contributed by atoms with Gasteiger partial charge in [0.15, 0.2) is 0 Å². The summed E-state index contributed by atoms with van der Waals surface area (Å²) in [5, 5.41) is 14.3. The molecule has 1 fully saturated rings. The molecule has 0 saturated carbocycles. The van der Waals surface area contributed by atoms with Crippen LogP contribution in [0.15, 0.2) is 6.07 Å². The van der Waals surface area contributed by atoms with Crippen LogP contribution < -0.4 is 5.32 Å². The van der Waals surface area contributed by atoms with Crippen LogP contribution in [0.5, 0.6) is 0 Å². The maximum atomic E-state index is 12.2. The summed E-state index contributed by atoms with van der Waals surface area (Å²) < 4.78 is 12.9. The Balaban J connectivity index is 1.43. The van der Waals surface area contributed by atoms with Crippen molar-refractivity contribution in [1.82, 2.24) is 25.3 Å². The van der Waals surface area contributed by atoms with Crippen molar-refractivity contribution in [2.75, 3.05) is 26.4 Å². The number of carbonyl (C=O) groups excluding carboxylic acids is 1. The van der Waals surface area contributed by atoms with Gasteiger partial charge in [-0.25, -0.2) is 0 Å². The number of aryl methyl sites for hydroxylation is 2. The molecule has 1 amide bonds. The topological polar surface area (TPSA) is 94.1 Å². The van der Waals surface area contributed by atoms with Crippen molar-refractivity contribution in [3.05, 3.63) is 23.1 Å². The van der Waals surface area contributed by atoms with E-state index in [-0.39, 0.29) is 12.0 Å². The van der Waals surface area contributed by atoms with Crippen LogP contribution in [-0.2, 0) is 16.5 Å². The van der Waals surface area contributed by atoms with E-state index in [0.717, 1.165) is 48.5 Å². The molecule has 0 aliphatic carbocycles. The lowest BCUT2D eigenvalue weighted by atomic mass is 10.1. The summed E-state index contributed by atoms with van der Waals surface area (Å²) in [6.45, 7) is 6.58. The molecule has 1 aliphatic rings. The van der Waals surface area contributed by atoms with Gasteiger partial charge in [0.2, 0.25) is 0 Å². The summed E-state index contributed by atoms with van der Waals surface area (Å²) in [6, 6.07) is 1.76. The van der Waals surface area contributed by atoms with Gasteiger partial charge in [0.25, 0.3) is 5.91 Å². The smallest absolute Gasteiger partial charge is 0.269 e. The normalized spacial score (nSPS) is 17.0. The Bertz CT molecular complexity index is 746. The molecule has 0 radical (unpaired) electrons. The Labute approximate surface area is 153 Å². The Kier molecular flexibility index (Phi) is 6.05. The highest BCUT2D eigenvalue weighted by atomic mass is 16.5. The predicted molar refractivity (Wildman–Crippen MR) is 97.0 cm³/mol. The quantitative estimate of drug-likeness (QED) is 0.699. The molecule has 2 aromatic heterocycles. The zero-order chi connectivity index (χ0) is 18.5. The number of aromatic amines is 1. The van der Waals surface area contributed by atoms with Crippen molar-refractivity contribution in [3.63, 3.8) is 0 Å². The molecular formula is C18H27N5O3. The van der Waals surface area contributed by atoms with Gasteiger partial charge in [0.05, 0.1) is 24.1 Å². The highest BCUT2D eigenvalue weighted by molar-refractivity contribution is 5.93. The average Bonchev–Trinajstić information content (AvgIpc) is 3.33. The third-order valence-corrected chi connectivity index (χ3v) is 4.67. The van der Waals surface area contributed by atoms with Crippen LogP contribution >= 0.6 is 0 Å². The summed E-state index contributed by atoms with van der Waals surface area (Å²) in [4.78, 5) is 12.2. The van der Waals surface area contributed by atoms with E-state index in [4.69, 9.17) is 9.47 Å². The molecule has 3 rings (SSSR count). The van der Waals surface area contributed by atoms with E-state index >= 15 is 0 Å². The lowest BCUT2D eigenvalue weighted by molar-refractivity contribution is 0.0166. The minimum atomic E-state index is -0.165. The number of aromatic nitrogens is 4. The maximum absolute atomic E-state index is 12.2. The second-order valence-corrected chi connectivity index (χ2v) is 6.66. The number of hydrogen-bond acceptors (Lipinski definition) is 5. The number of H-pyrrole nitrogens is 1. The second kappa shape index (κ2) is 8.46. The van der Waals surface area contributed by atoms with Crippen LogP contribution in [0.1, 0.15) is 41.1 Å². The summed E-state index contributed by atoms with van der Waals surface area (Å²) in [7, 11) is 1.90. The first-order chi connectivity index (χ1) is 12.6. The summed E-state index contributed by atoms with van der Waals surface area (Å²) in [5.41, 5.74) is 4.06. The van der Waals surface area contributed by atoms with Crippen LogP contribution in [0, 0.1) is 13.8 Å². The minimum Gasteiger partial charge on any atom is -0.379 e. The van der Waals surface area contributed by atoms with E-state index in [1.54, 1.807) is 6.07 Å². The molecule has 26 heavy (non-hydrogen) atoms. The Morgan fingerprint density at radius 2 is 2.35 bits per heavy atom. The van der Waals surface area contributed by atoms with Crippen molar-refractivity contribution >= 4 is 5.91 Å². The third-order valence-electron chi connectivity index (χ3n) is 4.67. The molecule has 1 atom stereocenters. The summed E-state index contributed by atoms with van der Waals surface area (Å²) in [6.07, 6.45) is 3.20. The molecule has 8 nitrogen and oxygen atoms in total. The van der Waals surface area contributed by atoms with E-state index in [1.807, 2.05) is 25.6 Å². The molecule has 1 unspecified atom stereocenters. The first-order valence-electron chi connectivity index (χ1n) is 9.09. The third kappa shape index (κ3) is 4.31. The zero-order valence-corrected chi connectivity index (χ0v) is 15.7. The van der Waals surface area contributed by atoms with Crippen LogP contribution in [0.3, 0.4) is 0 Å². The Hall–Kier alpha value is -2.19. The maximum Gasteiger partial charge on any atom is 0.269 e. The van der Waals surface area contributed by atoms with Gasteiger partial charge in [-0.15, -0.1) is 0 Å². The van der Waals surface area contributed by atoms with Crippen molar-refractivity contribution in [2.45, 2.75) is 39.2 Å². The summed E-state index contributed by atoms with van der Waals surface area (Å²) in [5.74, 6) is -0.165. The van der Waals surface area contributed by atoms with Crippen LogP contribution in [0.25, 0.3) is 11.3 Å². The van der Waals surface area contributed by atoms with Gasteiger partial charge in [-0.3, -0.25) is 14.6 Å². The molecule has 8 heteroatoms. The molecule has 0 bridgehead atoms. The average molecular weight is 361 g/mol. The van der Waals surface area contributed by atoms with Gasteiger partial charge in [-0.1, -0.05) is 0 Å². The van der Waals surface area contributed by atoms with Gasteiger partial charge in [-0.2, -0.15) is 10.2 Å². The molecular weight excluding hydrogens is 334 g/mol. The van der Waals surface area contributed by atoms with Crippen molar-refractivity contribution in [1.29, 1.82) is 0 Å². The summed E-state index contributed by atoms with van der Waals surface area (Å²) >= 11 is 0. The van der Waals surface area contributed by atoms with Crippen LogP contribution in [0.4, 0.5) is 0 Å². The molecule has 1 saturated heterocycles. The zero-order valence-electron chi connectivity index (χ0n) is 15.7. The first-order valence-corrected chi connectivity index (χ1v) is 9.09. The van der Waals surface area contributed by atoms with Crippen LogP contribution in [-0.4, -0.2) is 58.4 Å². The molecule has 0 spiro atoms. The minimum absolute atomic E-state index is 0.165. The number of amides is 1. The van der Waals surface area contributed by atoms with Gasteiger partial charge in [0, 0.05) is 38.1 Å². The van der Waals surface area contributed by atoms with E-state index in [0.29, 0.717) is 25.5 Å². The van der Waals surface area contributed by atoms with E-state index in [1.165, 1.54) is 0 Å². The van der Waals surface area contributed by atoms with Gasteiger partial charge in [0.1, 0.15) is 5.69 Å². The number of nitrogens with zero attached hydrogens (tertiary/aromatic N) is 3. The predicted octanol–water partition coefficient (Wildman–Crippen LogP) is 1.74. The highest BCUT2D eigenvalue weighted by Gasteiger charge is 2.17. The molecule has 2 N–H and O–H groups in total. The first kappa shape index (κ1) is 18.6. The fraction of sp³-hybridized carbons (Fsp3) is 0.611. The van der Waals surface area contributed by atoms with Gasteiger partial charge >= 0.3 is 0 Å². The highest BCUT2D eigenvalue weighted by Crippen LogP contribution is 2.25. The molecule has 1 aliphatic heterocycles. The van der Waals surface area contributed by atoms with E-state index in [9.17, 15) is 4.79 Å². The molecule has 0 aromatic carbocycles. The number of hydrogen-bond donors (Lipinski definition) is 2. The van der Waals surface area contributed by atoms with Gasteiger partial charge < -0.3 is 14.8 Å². The second-order valence-electron chi connectivity index (χ2n) is 6.66. The molecule has 2 aromatic rings. The lowest BCUT2D eigenvalue weighted by Gasteiger charge is -2.10. The lowest BCUT2D eigenvalue weighted by Crippen LogP contribution is -2.26. The van der Waals surface area contributed by atoms with Crippen molar-refractivity contribution in [3.8, 4) is 11.3 Å². The number of ether oxygens (including phenoxy) is 2. The molecule has 3 heterocycles.